The van der Waals surface area contributed by atoms with Crippen LogP contribution in [-0.4, -0.2) is 27.9 Å². The van der Waals surface area contributed by atoms with Gasteiger partial charge in [0.25, 0.3) is 5.91 Å². The summed E-state index contributed by atoms with van der Waals surface area (Å²) in [6.45, 7) is 2.45. The fourth-order valence-corrected chi connectivity index (χ4v) is 3.79. The average molecular weight is 447 g/mol. The van der Waals surface area contributed by atoms with E-state index in [1.807, 2.05) is 60.0 Å². The number of hydrogen-bond acceptors (Lipinski definition) is 3. The summed E-state index contributed by atoms with van der Waals surface area (Å²) in [6.07, 6.45) is 0.475. The molecule has 4 rings (SSSR count). The Balaban J connectivity index is 1.49. The third-order valence-electron chi connectivity index (χ3n) is 5.21. The fourth-order valence-electron chi connectivity index (χ4n) is 3.57. The van der Waals surface area contributed by atoms with E-state index in [1.165, 1.54) is 0 Å². The van der Waals surface area contributed by atoms with Crippen molar-refractivity contribution in [2.75, 3.05) is 11.9 Å². The van der Waals surface area contributed by atoms with E-state index in [-0.39, 0.29) is 18.4 Å². The van der Waals surface area contributed by atoms with E-state index in [2.05, 4.69) is 15.6 Å². The first-order valence-corrected chi connectivity index (χ1v) is 10.7. The number of anilines is 1. The van der Waals surface area contributed by atoms with Crippen LogP contribution in [0, 0.1) is 6.92 Å². The van der Waals surface area contributed by atoms with E-state index in [4.69, 9.17) is 11.6 Å². The molecule has 6 nitrogen and oxygen atoms in total. The Bertz CT molecular complexity index is 1280. The molecule has 0 radical (unpaired) electrons. The lowest BCUT2D eigenvalue weighted by Gasteiger charge is -2.12. The number of fused-ring (bicyclic) bond motifs is 1. The number of benzene rings is 3. The van der Waals surface area contributed by atoms with E-state index in [9.17, 15) is 9.59 Å². The third-order valence-corrected chi connectivity index (χ3v) is 5.54. The van der Waals surface area contributed by atoms with Gasteiger partial charge in [0.1, 0.15) is 12.4 Å². The number of amides is 2. The van der Waals surface area contributed by atoms with E-state index in [0.717, 1.165) is 28.1 Å². The van der Waals surface area contributed by atoms with Gasteiger partial charge in [-0.25, -0.2) is 4.98 Å². The molecule has 0 atom stereocenters. The minimum absolute atomic E-state index is 0.128. The van der Waals surface area contributed by atoms with E-state index in [1.54, 1.807) is 24.3 Å². The molecule has 32 heavy (non-hydrogen) atoms. The molecule has 0 aliphatic rings. The highest BCUT2D eigenvalue weighted by atomic mass is 35.5. The van der Waals surface area contributed by atoms with Gasteiger partial charge in [0.15, 0.2) is 0 Å². The maximum Gasteiger partial charge on any atom is 0.252 e. The predicted molar refractivity (Wildman–Crippen MR) is 127 cm³/mol. The molecule has 1 heterocycles. The molecule has 2 amide bonds. The maximum atomic E-state index is 12.8. The van der Waals surface area contributed by atoms with Crippen LogP contribution in [0.4, 0.5) is 5.69 Å². The molecule has 7 heteroatoms. The second-order valence-corrected chi connectivity index (χ2v) is 7.86. The lowest BCUT2D eigenvalue weighted by molar-refractivity contribution is -0.116. The SMILES string of the molecule is Cc1ccccc1NC(=O)Cn1c(CCNC(=O)c2ccccc2Cl)nc2ccccc21. The predicted octanol–water partition coefficient (Wildman–Crippen LogP) is 4.61. The van der Waals surface area contributed by atoms with Crippen molar-refractivity contribution in [3.05, 3.63) is 94.8 Å². The van der Waals surface area contributed by atoms with Gasteiger partial charge in [0.05, 0.1) is 21.6 Å². The summed E-state index contributed by atoms with van der Waals surface area (Å²) in [5, 5.41) is 6.26. The molecule has 0 aliphatic heterocycles. The molecular formula is C25H23ClN4O2. The van der Waals surface area contributed by atoms with Crippen molar-refractivity contribution in [1.29, 1.82) is 0 Å². The third kappa shape index (κ3) is 4.81. The number of aryl methyl sites for hydroxylation is 1. The second-order valence-electron chi connectivity index (χ2n) is 7.45. The number of aromatic nitrogens is 2. The number of carbonyl (C=O) groups is 2. The van der Waals surface area contributed by atoms with Crippen molar-refractivity contribution in [2.24, 2.45) is 0 Å². The van der Waals surface area contributed by atoms with Gasteiger partial charge < -0.3 is 15.2 Å². The minimum atomic E-state index is -0.240. The number of halogens is 1. The largest absolute Gasteiger partial charge is 0.352 e. The van der Waals surface area contributed by atoms with Crippen LogP contribution in [0.25, 0.3) is 11.0 Å². The summed E-state index contributed by atoms with van der Waals surface area (Å²) < 4.78 is 1.89. The number of nitrogens with zero attached hydrogens (tertiary/aromatic N) is 2. The van der Waals surface area contributed by atoms with Crippen LogP contribution in [0.5, 0.6) is 0 Å². The summed E-state index contributed by atoms with van der Waals surface area (Å²) in [5.41, 5.74) is 3.90. The summed E-state index contributed by atoms with van der Waals surface area (Å²) in [6, 6.07) is 22.3. The molecular weight excluding hydrogens is 424 g/mol. The highest BCUT2D eigenvalue weighted by Gasteiger charge is 2.15. The summed E-state index contributed by atoms with van der Waals surface area (Å²) in [7, 11) is 0. The first-order valence-electron chi connectivity index (χ1n) is 10.4. The van der Waals surface area contributed by atoms with Crippen LogP contribution >= 0.6 is 11.6 Å². The van der Waals surface area contributed by atoms with Gasteiger partial charge in [-0.05, 0) is 42.8 Å². The Kier molecular flexibility index (Phi) is 6.52. The van der Waals surface area contributed by atoms with E-state index >= 15 is 0 Å². The first-order chi connectivity index (χ1) is 15.5. The second kappa shape index (κ2) is 9.66. The van der Waals surface area contributed by atoms with Gasteiger partial charge >= 0.3 is 0 Å². The number of para-hydroxylation sites is 3. The lowest BCUT2D eigenvalue weighted by Crippen LogP contribution is -2.27. The smallest absolute Gasteiger partial charge is 0.252 e. The number of imidazole rings is 1. The number of hydrogen-bond donors (Lipinski definition) is 2. The van der Waals surface area contributed by atoms with Gasteiger partial charge in [-0.1, -0.05) is 54.1 Å². The number of carbonyl (C=O) groups excluding carboxylic acids is 2. The maximum absolute atomic E-state index is 12.8. The van der Waals surface area contributed by atoms with Gasteiger partial charge in [0, 0.05) is 18.7 Å². The number of rotatable bonds is 7. The van der Waals surface area contributed by atoms with Crippen molar-refractivity contribution in [3.8, 4) is 0 Å². The first kappa shape index (κ1) is 21.6. The Hall–Kier alpha value is -3.64. The molecule has 162 valence electrons. The molecule has 0 aliphatic carbocycles. The summed E-state index contributed by atoms with van der Waals surface area (Å²) in [5.74, 6) is 0.352. The molecule has 0 bridgehead atoms. The normalized spacial score (nSPS) is 10.8. The van der Waals surface area contributed by atoms with Crippen molar-refractivity contribution in [2.45, 2.75) is 19.9 Å². The highest BCUT2D eigenvalue weighted by Crippen LogP contribution is 2.18. The van der Waals surface area contributed by atoms with Crippen molar-refractivity contribution in [3.63, 3.8) is 0 Å². The average Bonchev–Trinajstić information content (AvgIpc) is 3.13. The Labute approximate surface area is 191 Å². The van der Waals surface area contributed by atoms with Crippen molar-refractivity contribution >= 4 is 40.1 Å². The Morgan fingerprint density at radius 1 is 0.969 bits per heavy atom. The molecule has 0 fully saturated rings. The number of nitrogens with one attached hydrogen (secondary N) is 2. The zero-order valence-corrected chi connectivity index (χ0v) is 18.4. The summed E-state index contributed by atoms with van der Waals surface area (Å²) >= 11 is 6.11. The van der Waals surface area contributed by atoms with Crippen LogP contribution in [0.15, 0.2) is 72.8 Å². The van der Waals surface area contributed by atoms with Crippen LogP contribution in [0.1, 0.15) is 21.7 Å². The van der Waals surface area contributed by atoms with E-state index < -0.39 is 0 Å². The molecule has 0 unspecified atom stereocenters. The van der Waals surface area contributed by atoms with Crippen molar-refractivity contribution in [1.82, 2.24) is 14.9 Å². The molecule has 3 aromatic carbocycles. The Morgan fingerprint density at radius 3 is 2.50 bits per heavy atom. The Morgan fingerprint density at radius 2 is 1.69 bits per heavy atom. The topological polar surface area (TPSA) is 76.0 Å². The van der Waals surface area contributed by atoms with Crippen LogP contribution in [0.3, 0.4) is 0 Å². The van der Waals surface area contributed by atoms with E-state index in [0.29, 0.717) is 23.6 Å². The minimum Gasteiger partial charge on any atom is -0.352 e. The van der Waals surface area contributed by atoms with Gasteiger partial charge in [-0.2, -0.15) is 0 Å². The quantitative estimate of drug-likeness (QED) is 0.435. The molecule has 0 spiro atoms. The van der Waals surface area contributed by atoms with Crippen LogP contribution in [-0.2, 0) is 17.8 Å². The van der Waals surface area contributed by atoms with Crippen LogP contribution < -0.4 is 10.6 Å². The van der Waals surface area contributed by atoms with Gasteiger partial charge in [-0.3, -0.25) is 9.59 Å². The molecule has 0 saturated heterocycles. The standard InChI is InChI=1S/C25H23ClN4O2/c1-17-8-2-5-11-20(17)29-24(31)16-30-22-13-7-6-12-21(22)28-23(30)14-15-27-25(32)18-9-3-4-10-19(18)26/h2-13H,14-16H2,1H3,(H,27,32)(H,29,31). The fraction of sp³-hybridized carbons (Fsp3) is 0.160. The molecule has 0 saturated carbocycles. The molecule has 1 aromatic heterocycles. The zero-order chi connectivity index (χ0) is 22.5. The molecule has 4 aromatic rings. The highest BCUT2D eigenvalue weighted by molar-refractivity contribution is 6.33. The van der Waals surface area contributed by atoms with Crippen LogP contribution in [0.2, 0.25) is 5.02 Å². The van der Waals surface area contributed by atoms with Gasteiger partial charge in [0.2, 0.25) is 5.91 Å². The van der Waals surface area contributed by atoms with Crippen molar-refractivity contribution < 1.29 is 9.59 Å². The van der Waals surface area contributed by atoms with Gasteiger partial charge in [-0.15, -0.1) is 0 Å². The molecule has 2 N–H and O–H groups in total. The summed E-state index contributed by atoms with van der Waals surface area (Å²) in [4.78, 5) is 29.9. The monoisotopic (exact) mass is 446 g/mol. The lowest BCUT2D eigenvalue weighted by atomic mass is 10.2. The zero-order valence-electron chi connectivity index (χ0n) is 17.6.